The van der Waals surface area contributed by atoms with E-state index >= 15 is 0 Å². The van der Waals surface area contributed by atoms with Gasteiger partial charge in [-0.05, 0) is 18.9 Å². The molecule has 0 aliphatic heterocycles. The molecule has 0 aromatic carbocycles. The number of hydrogen-bond donors (Lipinski definition) is 1. The van der Waals surface area contributed by atoms with Gasteiger partial charge in [-0.2, -0.15) is 5.10 Å². The first-order valence-electron chi connectivity index (χ1n) is 7.20. The Morgan fingerprint density at radius 1 is 1.35 bits per heavy atom. The minimum Gasteiger partial charge on any atom is -0.493 e. The minimum absolute atomic E-state index is 0.00868. The first kappa shape index (κ1) is 17.0. The van der Waals surface area contributed by atoms with Crippen LogP contribution in [0.5, 0.6) is 5.75 Å². The molecule has 1 aromatic rings. The van der Waals surface area contributed by atoms with Crippen LogP contribution in [-0.4, -0.2) is 37.2 Å². The molecule has 1 rings (SSSR count). The van der Waals surface area contributed by atoms with E-state index in [-0.39, 0.29) is 17.6 Å². The fraction of sp³-hybridized carbons (Fsp3) is 0.800. The SMILES string of the molecule is CCCn1ncc(OC)c1C(NC)C(OC)C(C)(C)C. The number of nitrogens with zero attached hydrogens (tertiary/aromatic N) is 2. The van der Waals surface area contributed by atoms with Gasteiger partial charge in [-0.15, -0.1) is 0 Å². The van der Waals surface area contributed by atoms with Crippen molar-refractivity contribution >= 4 is 0 Å². The van der Waals surface area contributed by atoms with Gasteiger partial charge < -0.3 is 14.8 Å². The standard InChI is InChI=1S/C15H29N3O2/c1-8-9-18-13(11(19-6)10-17-18)12(16-5)14(20-7)15(2,3)4/h10,12,14,16H,8-9H2,1-7H3. The molecule has 2 unspecified atom stereocenters. The first-order valence-corrected chi connectivity index (χ1v) is 7.20. The second-order valence-corrected chi connectivity index (χ2v) is 6.11. The van der Waals surface area contributed by atoms with Crippen LogP contribution >= 0.6 is 0 Å². The smallest absolute Gasteiger partial charge is 0.161 e. The van der Waals surface area contributed by atoms with Gasteiger partial charge in [0.15, 0.2) is 5.75 Å². The van der Waals surface area contributed by atoms with Gasteiger partial charge in [0.25, 0.3) is 0 Å². The molecule has 0 fully saturated rings. The van der Waals surface area contributed by atoms with E-state index in [2.05, 4.69) is 38.1 Å². The van der Waals surface area contributed by atoms with Crippen LogP contribution in [0.2, 0.25) is 0 Å². The maximum Gasteiger partial charge on any atom is 0.161 e. The Morgan fingerprint density at radius 3 is 2.40 bits per heavy atom. The number of nitrogens with one attached hydrogen (secondary N) is 1. The molecule has 0 bridgehead atoms. The summed E-state index contributed by atoms with van der Waals surface area (Å²) < 4.78 is 13.3. The zero-order valence-electron chi connectivity index (χ0n) is 13.9. The molecule has 116 valence electrons. The van der Waals surface area contributed by atoms with Gasteiger partial charge in [0.1, 0.15) is 0 Å². The van der Waals surface area contributed by atoms with Crippen molar-refractivity contribution in [2.75, 3.05) is 21.3 Å². The van der Waals surface area contributed by atoms with Crippen molar-refractivity contribution in [1.82, 2.24) is 15.1 Å². The van der Waals surface area contributed by atoms with Crippen molar-refractivity contribution in [3.8, 4) is 5.75 Å². The molecule has 1 aromatic heterocycles. The Morgan fingerprint density at radius 2 is 2.00 bits per heavy atom. The molecule has 1 heterocycles. The molecule has 0 saturated carbocycles. The average Bonchev–Trinajstić information content (AvgIpc) is 2.77. The molecule has 1 N–H and O–H groups in total. The molecule has 2 atom stereocenters. The fourth-order valence-corrected chi connectivity index (χ4v) is 2.66. The third-order valence-electron chi connectivity index (χ3n) is 3.52. The lowest BCUT2D eigenvalue weighted by Crippen LogP contribution is -2.41. The highest BCUT2D eigenvalue weighted by Gasteiger charge is 2.36. The van der Waals surface area contributed by atoms with E-state index in [0.717, 1.165) is 24.4 Å². The summed E-state index contributed by atoms with van der Waals surface area (Å²) in [6.07, 6.45) is 2.83. The second kappa shape index (κ2) is 7.09. The maximum absolute atomic E-state index is 5.77. The number of likely N-dealkylation sites (N-methyl/N-ethyl adjacent to an activating group) is 1. The van der Waals surface area contributed by atoms with Gasteiger partial charge in [0.2, 0.25) is 0 Å². The third kappa shape index (κ3) is 3.52. The predicted molar refractivity (Wildman–Crippen MR) is 81.1 cm³/mol. The van der Waals surface area contributed by atoms with Crippen LogP contribution in [0.15, 0.2) is 6.20 Å². The lowest BCUT2D eigenvalue weighted by atomic mass is 9.83. The molecule has 0 aliphatic carbocycles. The molecular formula is C15H29N3O2. The number of hydrogen-bond acceptors (Lipinski definition) is 4. The highest BCUT2D eigenvalue weighted by Crippen LogP contribution is 2.36. The van der Waals surface area contributed by atoms with E-state index in [0.29, 0.717) is 0 Å². The molecule has 20 heavy (non-hydrogen) atoms. The highest BCUT2D eigenvalue weighted by atomic mass is 16.5. The minimum atomic E-state index is 0.00868. The molecule has 5 heteroatoms. The topological polar surface area (TPSA) is 48.3 Å². The van der Waals surface area contributed by atoms with Gasteiger partial charge in [-0.3, -0.25) is 4.68 Å². The highest BCUT2D eigenvalue weighted by molar-refractivity contribution is 5.29. The van der Waals surface area contributed by atoms with Crippen LogP contribution in [0.3, 0.4) is 0 Å². The van der Waals surface area contributed by atoms with Gasteiger partial charge >= 0.3 is 0 Å². The Labute approximate surface area is 122 Å². The lowest BCUT2D eigenvalue weighted by Gasteiger charge is -2.36. The summed E-state index contributed by atoms with van der Waals surface area (Å²) in [5, 5.41) is 7.81. The Hall–Kier alpha value is -1.07. The number of aromatic nitrogens is 2. The fourth-order valence-electron chi connectivity index (χ4n) is 2.66. The number of rotatable bonds is 7. The Kier molecular flexibility index (Phi) is 6.02. The zero-order valence-corrected chi connectivity index (χ0v) is 13.9. The summed E-state index contributed by atoms with van der Waals surface area (Å²) in [6.45, 7) is 9.55. The van der Waals surface area contributed by atoms with Crippen molar-refractivity contribution in [3.05, 3.63) is 11.9 Å². The summed E-state index contributed by atoms with van der Waals surface area (Å²) in [5.41, 5.74) is 1.06. The van der Waals surface area contributed by atoms with Gasteiger partial charge in [-0.25, -0.2) is 0 Å². The summed E-state index contributed by atoms with van der Waals surface area (Å²) in [6, 6.07) is 0.0315. The van der Waals surface area contributed by atoms with Crippen LogP contribution in [0.1, 0.15) is 45.9 Å². The van der Waals surface area contributed by atoms with Crippen molar-refractivity contribution in [1.29, 1.82) is 0 Å². The Balaban J connectivity index is 3.25. The van der Waals surface area contributed by atoms with Gasteiger partial charge in [-0.1, -0.05) is 27.7 Å². The van der Waals surface area contributed by atoms with Crippen molar-refractivity contribution in [2.24, 2.45) is 5.41 Å². The van der Waals surface area contributed by atoms with Crippen LogP contribution in [0, 0.1) is 5.41 Å². The van der Waals surface area contributed by atoms with Crippen molar-refractivity contribution in [2.45, 2.75) is 52.8 Å². The molecule has 0 amide bonds. The number of ether oxygens (including phenoxy) is 2. The summed E-state index contributed by atoms with van der Waals surface area (Å²) >= 11 is 0. The van der Waals surface area contributed by atoms with E-state index in [1.807, 2.05) is 11.7 Å². The van der Waals surface area contributed by atoms with E-state index < -0.39 is 0 Å². The normalized spacial score (nSPS) is 15.2. The monoisotopic (exact) mass is 283 g/mol. The average molecular weight is 283 g/mol. The molecule has 0 spiro atoms. The van der Waals surface area contributed by atoms with Crippen LogP contribution in [0.25, 0.3) is 0 Å². The van der Waals surface area contributed by atoms with E-state index in [1.54, 1.807) is 20.4 Å². The zero-order chi connectivity index (χ0) is 15.3. The molecule has 0 aliphatic rings. The van der Waals surface area contributed by atoms with Gasteiger partial charge in [0, 0.05) is 13.7 Å². The summed E-state index contributed by atoms with van der Waals surface area (Å²) in [7, 11) is 5.39. The summed E-state index contributed by atoms with van der Waals surface area (Å²) in [4.78, 5) is 0. The van der Waals surface area contributed by atoms with Crippen molar-refractivity contribution in [3.63, 3.8) is 0 Å². The van der Waals surface area contributed by atoms with Gasteiger partial charge in [0.05, 0.1) is 31.1 Å². The first-order chi connectivity index (χ1) is 9.40. The maximum atomic E-state index is 5.77. The summed E-state index contributed by atoms with van der Waals surface area (Å²) in [5.74, 6) is 0.809. The van der Waals surface area contributed by atoms with Crippen LogP contribution in [0.4, 0.5) is 0 Å². The predicted octanol–water partition coefficient (Wildman–Crippen LogP) is 2.62. The second-order valence-electron chi connectivity index (χ2n) is 6.11. The van der Waals surface area contributed by atoms with E-state index in [4.69, 9.17) is 9.47 Å². The van der Waals surface area contributed by atoms with Crippen LogP contribution < -0.4 is 10.1 Å². The van der Waals surface area contributed by atoms with E-state index in [9.17, 15) is 0 Å². The van der Waals surface area contributed by atoms with E-state index in [1.165, 1.54) is 0 Å². The third-order valence-corrected chi connectivity index (χ3v) is 3.52. The van der Waals surface area contributed by atoms with Crippen LogP contribution in [-0.2, 0) is 11.3 Å². The number of aryl methyl sites for hydroxylation is 1. The molecule has 0 saturated heterocycles. The van der Waals surface area contributed by atoms with Crippen molar-refractivity contribution < 1.29 is 9.47 Å². The molecule has 0 radical (unpaired) electrons. The lowest BCUT2D eigenvalue weighted by molar-refractivity contribution is -0.0127. The largest absolute Gasteiger partial charge is 0.493 e. The quantitative estimate of drug-likeness (QED) is 0.835. The number of methoxy groups -OCH3 is 2. The molecule has 5 nitrogen and oxygen atoms in total. The molecular weight excluding hydrogens is 254 g/mol. The Bertz CT molecular complexity index is 410.